The summed E-state index contributed by atoms with van der Waals surface area (Å²) in [7, 11) is 0. The molecule has 0 spiro atoms. The van der Waals surface area contributed by atoms with Gasteiger partial charge in [-0.25, -0.2) is 0 Å². The minimum Gasteiger partial charge on any atom is -0.359 e. The monoisotopic (exact) mass is 245 g/mol. The highest BCUT2D eigenvalue weighted by Gasteiger charge is 2.43. The number of carbonyl (C=O) groups is 1. The van der Waals surface area contributed by atoms with Crippen molar-refractivity contribution in [1.29, 1.82) is 0 Å². The summed E-state index contributed by atoms with van der Waals surface area (Å²) < 4.78 is 5.86. The average Bonchev–Trinajstić information content (AvgIpc) is 2.39. The lowest BCUT2D eigenvalue weighted by atomic mass is 9.84. The van der Waals surface area contributed by atoms with Crippen molar-refractivity contribution >= 4 is 12.0 Å². The zero-order valence-electron chi connectivity index (χ0n) is 11.1. The molecule has 0 bridgehead atoms. The number of aliphatic imine (C=N–C) groups is 1. The number of nitrogens with zero attached hydrogens (tertiary/aromatic N) is 1. The molecule has 1 aromatic rings. The molecule has 3 nitrogen and oxygen atoms in total. The Balaban J connectivity index is 2.31. The third-order valence-electron chi connectivity index (χ3n) is 3.65. The number of rotatable bonds is 3. The van der Waals surface area contributed by atoms with E-state index in [9.17, 15) is 4.79 Å². The van der Waals surface area contributed by atoms with Crippen molar-refractivity contribution in [3.05, 3.63) is 35.9 Å². The molecule has 0 saturated heterocycles. The molecule has 1 aliphatic heterocycles. The van der Waals surface area contributed by atoms with Crippen molar-refractivity contribution in [1.82, 2.24) is 0 Å². The van der Waals surface area contributed by atoms with E-state index in [0.717, 1.165) is 17.6 Å². The average molecular weight is 245 g/mol. The smallest absolute Gasteiger partial charge is 0.154 e. The molecule has 96 valence electrons. The quantitative estimate of drug-likeness (QED) is 0.767. The summed E-state index contributed by atoms with van der Waals surface area (Å²) >= 11 is 0. The van der Waals surface area contributed by atoms with Crippen LogP contribution in [-0.2, 0) is 9.53 Å². The van der Waals surface area contributed by atoms with Gasteiger partial charge in [-0.15, -0.1) is 0 Å². The molecule has 2 rings (SSSR count). The zero-order valence-corrected chi connectivity index (χ0v) is 11.1. The molecule has 0 N–H and O–H groups in total. The van der Waals surface area contributed by atoms with Crippen LogP contribution in [0.5, 0.6) is 0 Å². The van der Waals surface area contributed by atoms with Gasteiger partial charge in [0.05, 0.1) is 18.4 Å². The lowest BCUT2D eigenvalue weighted by Crippen LogP contribution is -2.52. The van der Waals surface area contributed by atoms with E-state index in [0.29, 0.717) is 6.61 Å². The summed E-state index contributed by atoms with van der Waals surface area (Å²) in [6.07, 6.45) is 0.910. The van der Waals surface area contributed by atoms with Crippen molar-refractivity contribution in [2.24, 2.45) is 10.9 Å². The molecular weight excluding hydrogens is 226 g/mol. The Morgan fingerprint density at radius 1 is 1.39 bits per heavy atom. The maximum atomic E-state index is 11.4. The molecule has 1 heterocycles. The van der Waals surface area contributed by atoms with Crippen molar-refractivity contribution in [2.45, 2.75) is 32.4 Å². The largest absolute Gasteiger partial charge is 0.359 e. The van der Waals surface area contributed by atoms with Crippen LogP contribution in [0.15, 0.2) is 35.3 Å². The van der Waals surface area contributed by atoms with E-state index in [-0.39, 0.29) is 12.0 Å². The van der Waals surface area contributed by atoms with Gasteiger partial charge in [-0.05, 0) is 18.4 Å². The number of hydrogen-bond donors (Lipinski definition) is 0. The number of carbonyl (C=O) groups excluding carboxylic acids is 1. The molecule has 0 amide bonds. The van der Waals surface area contributed by atoms with Gasteiger partial charge in [0.2, 0.25) is 0 Å². The van der Waals surface area contributed by atoms with Gasteiger partial charge in [-0.2, -0.15) is 0 Å². The van der Waals surface area contributed by atoms with E-state index in [1.165, 1.54) is 0 Å². The van der Waals surface area contributed by atoms with Crippen LogP contribution >= 0.6 is 0 Å². The number of hydrogen-bond acceptors (Lipinski definition) is 3. The van der Waals surface area contributed by atoms with Gasteiger partial charge in [-0.3, -0.25) is 4.99 Å². The van der Waals surface area contributed by atoms with Gasteiger partial charge >= 0.3 is 0 Å². The molecular formula is C15H19NO2. The molecule has 0 radical (unpaired) electrons. The SMILES string of the molecule is CC(C)C1(C=O)OCC(c2ccccc2)=NC1C. The molecule has 2 atom stereocenters. The van der Waals surface area contributed by atoms with E-state index in [1.807, 2.05) is 51.1 Å². The Morgan fingerprint density at radius 2 is 2.06 bits per heavy atom. The normalized spacial score (nSPS) is 28.0. The molecule has 0 fully saturated rings. The lowest BCUT2D eigenvalue weighted by molar-refractivity contribution is -0.139. The summed E-state index contributed by atoms with van der Waals surface area (Å²) in [6.45, 7) is 6.32. The summed E-state index contributed by atoms with van der Waals surface area (Å²) in [5.41, 5.74) is 1.20. The van der Waals surface area contributed by atoms with Crippen molar-refractivity contribution in [2.75, 3.05) is 6.61 Å². The van der Waals surface area contributed by atoms with Crippen LogP contribution in [0.1, 0.15) is 26.3 Å². The van der Waals surface area contributed by atoms with Crippen molar-refractivity contribution < 1.29 is 9.53 Å². The Hall–Kier alpha value is -1.48. The molecule has 1 aromatic carbocycles. The molecule has 0 saturated carbocycles. The highest BCUT2D eigenvalue weighted by Crippen LogP contribution is 2.30. The molecule has 18 heavy (non-hydrogen) atoms. The van der Waals surface area contributed by atoms with Crippen molar-refractivity contribution in [3.8, 4) is 0 Å². The molecule has 3 heteroatoms. The van der Waals surface area contributed by atoms with Crippen LogP contribution < -0.4 is 0 Å². The van der Waals surface area contributed by atoms with Crippen LogP contribution in [0, 0.1) is 5.92 Å². The van der Waals surface area contributed by atoms with E-state index < -0.39 is 5.60 Å². The third-order valence-corrected chi connectivity index (χ3v) is 3.65. The van der Waals surface area contributed by atoms with Gasteiger partial charge < -0.3 is 9.53 Å². The first kappa shape index (κ1) is 13.0. The Kier molecular flexibility index (Phi) is 3.62. The van der Waals surface area contributed by atoms with Gasteiger partial charge in [0, 0.05) is 0 Å². The maximum Gasteiger partial charge on any atom is 0.154 e. The Morgan fingerprint density at radius 3 is 2.56 bits per heavy atom. The van der Waals surface area contributed by atoms with Crippen molar-refractivity contribution in [3.63, 3.8) is 0 Å². The predicted molar refractivity (Wildman–Crippen MR) is 72.0 cm³/mol. The summed E-state index contributed by atoms with van der Waals surface area (Å²) in [6, 6.07) is 9.80. The Labute approximate surface area is 108 Å². The predicted octanol–water partition coefficient (Wildman–Crippen LogP) is 2.49. The first-order valence-corrected chi connectivity index (χ1v) is 6.32. The highest BCUT2D eigenvalue weighted by atomic mass is 16.5. The fourth-order valence-electron chi connectivity index (χ4n) is 2.39. The minimum absolute atomic E-state index is 0.117. The molecule has 0 aliphatic carbocycles. The number of aldehydes is 1. The first-order chi connectivity index (χ1) is 8.60. The van der Waals surface area contributed by atoms with Crippen LogP contribution in [0.2, 0.25) is 0 Å². The van der Waals surface area contributed by atoms with E-state index >= 15 is 0 Å². The fourth-order valence-corrected chi connectivity index (χ4v) is 2.39. The van der Waals surface area contributed by atoms with E-state index in [1.54, 1.807) is 0 Å². The minimum atomic E-state index is -0.779. The number of ether oxygens (including phenoxy) is 1. The van der Waals surface area contributed by atoms with Crippen LogP contribution in [0.3, 0.4) is 0 Å². The second kappa shape index (κ2) is 5.02. The Bertz CT molecular complexity index is 453. The number of benzene rings is 1. The van der Waals surface area contributed by atoms with E-state index in [4.69, 9.17) is 4.74 Å². The van der Waals surface area contributed by atoms with Gasteiger partial charge in [-0.1, -0.05) is 44.2 Å². The first-order valence-electron chi connectivity index (χ1n) is 6.32. The lowest BCUT2D eigenvalue weighted by Gasteiger charge is -2.39. The second-order valence-corrected chi connectivity index (χ2v) is 5.03. The highest BCUT2D eigenvalue weighted by molar-refractivity contribution is 6.02. The standard InChI is InChI=1S/C15H19NO2/c1-11(2)15(10-17)12(3)16-14(9-18-15)13-7-5-4-6-8-13/h4-8,10-12H,9H2,1-3H3. The topological polar surface area (TPSA) is 38.7 Å². The summed E-state index contributed by atoms with van der Waals surface area (Å²) in [5, 5.41) is 0. The van der Waals surface area contributed by atoms with Crippen LogP contribution in [0.25, 0.3) is 0 Å². The summed E-state index contributed by atoms with van der Waals surface area (Å²) in [5.74, 6) is 0.117. The second-order valence-electron chi connectivity index (χ2n) is 5.03. The molecule has 1 aliphatic rings. The van der Waals surface area contributed by atoms with Gasteiger partial charge in [0.15, 0.2) is 6.29 Å². The molecule has 2 unspecified atom stereocenters. The van der Waals surface area contributed by atoms with E-state index in [2.05, 4.69) is 4.99 Å². The summed E-state index contributed by atoms with van der Waals surface area (Å²) in [4.78, 5) is 16.0. The van der Waals surface area contributed by atoms with Gasteiger partial charge in [0.25, 0.3) is 0 Å². The van der Waals surface area contributed by atoms with Crippen LogP contribution in [0.4, 0.5) is 0 Å². The van der Waals surface area contributed by atoms with Crippen LogP contribution in [-0.4, -0.2) is 30.2 Å². The van der Waals surface area contributed by atoms with Gasteiger partial charge in [0.1, 0.15) is 5.60 Å². The molecule has 0 aromatic heterocycles. The zero-order chi connectivity index (χ0) is 13.2. The maximum absolute atomic E-state index is 11.4. The third kappa shape index (κ3) is 2.10. The fraction of sp³-hybridized carbons (Fsp3) is 0.467.